The van der Waals surface area contributed by atoms with E-state index in [0.717, 1.165) is 16.9 Å². The van der Waals surface area contributed by atoms with Crippen LogP contribution in [0.25, 0.3) is 16.9 Å². The summed E-state index contributed by atoms with van der Waals surface area (Å²) >= 11 is 6.14. The Morgan fingerprint density at radius 3 is 2.65 bits per heavy atom. The van der Waals surface area contributed by atoms with Gasteiger partial charge in [-0.1, -0.05) is 0 Å². The molecule has 3 aromatic rings. The van der Waals surface area contributed by atoms with E-state index in [1.54, 1.807) is 31.0 Å². The lowest BCUT2D eigenvalue weighted by atomic mass is 10.1. The average Bonchev–Trinajstić information content (AvgIpc) is 2.95. The van der Waals surface area contributed by atoms with Crippen LogP contribution in [0.15, 0.2) is 36.7 Å². The van der Waals surface area contributed by atoms with E-state index in [1.807, 2.05) is 24.3 Å². The lowest BCUT2D eigenvalue weighted by Gasteiger charge is -2.09. The molecule has 0 spiro atoms. The van der Waals surface area contributed by atoms with Crippen molar-refractivity contribution in [2.45, 2.75) is 0 Å². The van der Waals surface area contributed by atoms with E-state index in [1.165, 1.54) is 0 Å². The third kappa shape index (κ3) is 2.06. The van der Waals surface area contributed by atoms with Crippen LogP contribution in [0.3, 0.4) is 0 Å². The first-order valence-corrected chi connectivity index (χ1v) is 6.32. The maximum Gasteiger partial charge on any atom is 0.209 e. The van der Waals surface area contributed by atoms with E-state index in [2.05, 4.69) is 9.97 Å². The third-order valence-corrected chi connectivity index (χ3v) is 3.29. The zero-order valence-corrected chi connectivity index (χ0v) is 11.8. The Labute approximate surface area is 120 Å². The molecule has 20 heavy (non-hydrogen) atoms. The molecule has 0 bridgehead atoms. The van der Waals surface area contributed by atoms with E-state index < -0.39 is 0 Å². The van der Waals surface area contributed by atoms with E-state index >= 15 is 0 Å². The molecule has 0 amide bonds. The van der Waals surface area contributed by atoms with Gasteiger partial charge < -0.3 is 9.47 Å². The quantitative estimate of drug-likeness (QED) is 0.695. The number of fused-ring (bicyclic) bond motifs is 1. The van der Waals surface area contributed by atoms with E-state index in [9.17, 15) is 0 Å². The molecule has 5 nitrogen and oxygen atoms in total. The van der Waals surface area contributed by atoms with Crippen LogP contribution < -0.4 is 9.47 Å². The molecule has 102 valence electrons. The molecule has 2 heterocycles. The van der Waals surface area contributed by atoms with Crippen molar-refractivity contribution >= 4 is 17.2 Å². The van der Waals surface area contributed by atoms with E-state index in [4.69, 9.17) is 21.1 Å². The van der Waals surface area contributed by atoms with Crippen molar-refractivity contribution in [3.05, 3.63) is 41.9 Å². The van der Waals surface area contributed by atoms with Crippen molar-refractivity contribution in [1.82, 2.24) is 14.4 Å². The standard InChI is InChI=1S/C14H12ClN3O2/c1-19-11-4-3-9(7-12(11)20-2)10-8-13-16-5-6-18(13)14(15)17-10/h3-8H,1-2H3. The number of imidazole rings is 1. The largest absolute Gasteiger partial charge is 0.493 e. The Morgan fingerprint density at radius 2 is 1.90 bits per heavy atom. The number of benzene rings is 1. The number of hydrogen-bond acceptors (Lipinski definition) is 4. The van der Waals surface area contributed by atoms with Gasteiger partial charge in [-0.15, -0.1) is 0 Å². The summed E-state index contributed by atoms with van der Waals surface area (Å²) in [7, 11) is 3.20. The molecule has 6 heteroatoms. The van der Waals surface area contributed by atoms with Crippen LogP contribution in [-0.2, 0) is 0 Å². The topological polar surface area (TPSA) is 48.7 Å². The molecule has 0 fully saturated rings. The van der Waals surface area contributed by atoms with Crippen LogP contribution in [0.1, 0.15) is 0 Å². The molecule has 0 saturated carbocycles. The van der Waals surface area contributed by atoms with Crippen LogP contribution in [-0.4, -0.2) is 28.6 Å². The summed E-state index contributed by atoms with van der Waals surface area (Å²) in [6.45, 7) is 0. The molecule has 0 unspecified atom stereocenters. The molecule has 0 N–H and O–H groups in total. The zero-order valence-electron chi connectivity index (χ0n) is 11.0. The summed E-state index contributed by atoms with van der Waals surface area (Å²) in [6.07, 6.45) is 3.45. The van der Waals surface area contributed by atoms with Gasteiger partial charge in [0, 0.05) is 24.0 Å². The zero-order chi connectivity index (χ0) is 14.1. The first-order valence-electron chi connectivity index (χ1n) is 5.95. The number of ether oxygens (including phenoxy) is 2. The van der Waals surface area contributed by atoms with Gasteiger partial charge in [-0.05, 0) is 29.8 Å². The number of aromatic nitrogens is 3. The van der Waals surface area contributed by atoms with E-state index in [0.29, 0.717) is 16.8 Å². The molecule has 0 aliphatic carbocycles. The summed E-state index contributed by atoms with van der Waals surface area (Å²) < 4.78 is 12.2. The van der Waals surface area contributed by atoms with E-state index in [-0.39, 0.29) is 0 Å². The predicted octanol–water partition coefficient (Wildman–Crippen LogP) is 3.07. The van der Waals surface area contributed by atoms with Crippen molar-refractivity contribution in [3.63, 3.8) is 0 Å². The fraction of sp³-hybridized carbons (Fsp3) is 0.143. The minimum absolute atomic E-state index is 0.366. The van der Waals surface area contributed by atoms with Crippen LogP contribution in [0, 0.1) is 0 Å². The van der Waals surface area contributed by atoms with Crippen LogP contribution in [0.2, 0.25) is 5.28 Å². The van der Waals surface area contributed by atoms with Gasteiger partial charge in [0.25, 0.3) is 0 Å². The minimum Gasteiger partial charge on any atom is -0.493 e. The Kier molecular flexibility index (Phi) is 3.20. The highest BCUT2D eigenvalue weighted by Gasteiger charge is 2.10. The molecule has 1 aromatic carbocycles. The molecule has 3 rings (SSSR count). The molecule has 0 aliphatic rings. The molecule has 0 aliphatic heterocycles. The number of rotatable bonds is 3. The van der Waals surface area contributed by atoms with Gasteiger partial charge in [0.2, 0.25) is 5.28 Å². The molecule has 0 atom stereocenters. The highest BCUT2D eigenvalue weighted by Crippen LogP contribution is 2.32. The third-order valence-electron chi connectivity index (χ3n) is 3.03. The minimum atomic E-state index is 0.366. The van der Waals surface area contributed by atoms with Crippen molar-refractivity contribution in [1.29, 1.82) is 0 Å². The lowest BCUT2D eigenvalue weighted by Crippen LogP contribution is -1.95. The SMILES string of the molecule is COc1ccc(-c2cc3nccn3c(Cl)n2)cc1OC. The maximum absolute atomic E-state index is 6.14. The Bertz CT molecular complexity index is 770. The van der Waals surface area contributed by atoms with Gasteiger partial charge in [0.15, 0.2) is 11.5 Å². The second kappa shape index (κ2) is 5.02. The van der Waals surface area contributed by atoms with Crippen LogP contribution >= 0.6 is 11.6 Å². The first kappa shape index (κ1) is 12.7. The van der Waals surface area contributed by atoms with Crippen LogP contribution in [0.5, 0.6) is 11.5 Å². The number of halogens is 1. The summed E-state index contributed by atoms with van der Waals surface area (Å²) in [4.78, 5) is 8.59. The van der Waals surface area contributed by atoms with Crippen molar-refractivity contribution < 1.29 is 9.47 Å². The summed E-state index contributed by atoms with van der Waals surface area (Å²) in [6, 6.07) is 7.46. The van der Waals surface area contributed by atoms with Gasteiger partial charge in [-0.2, -0.15) is 0 Å². The lowest BCUT2D eigenvalue weighted by molar-refractivity contribution is 0.355. The first-order chi connectivity index (χ1) is 9.72. The summed E-state index contributed by atoms with van der Waals surface area (Å²) in [5.41, 5.74) is 2.36. The molecular formula is C14H12ClN3O2. The summed E-state index contributed by atoms with van der Waals surface area (Å²) in [5.74, 6) is 1.32. The Balaban J connectivity index is 2.14. The highest BCUT2D eigenvalue weighted by atomic mass is 35.5. The Morgan fingerprint density at radius 1 is 1.10 bits per heavy atom. The molecule has 0 radical (unpaired) electrons. The molecule has 2 aromatic heterocycles. The fourth-order valence-corrected chi connectivity index (χ4v) is 2.26. The van der Waals surface area contributed by atoms with Crippen molar-refractivity contribution in [3.8, 4) is 22.8 Å². The average molecular weight is 290 g/mol. The monoisotopic (exact) mass is 289 g/mol. The van der Waals surface area contributed by atoms with Crippen molar-refractivity contribution in [2.24, 2.45) is 0 Å². The predicted molar refractivity (Wildman–Crippen MR) is 76.5 cm³/mol. The molecular weight excluding hydrogens is 278 g/mol. The second-order valence-electron chi connectivity index (χ2n) is 4.14. The highest BCUT2D eigenvalue weighted by molar-refractivity contribution is 6.28. The smallest absolute Gasteiger partial charge is 0.209 e. The number of nitrogens with zero attached hydrogens (tertiary/aromatic N) is 3. The van der Waals surface area contributed by atoms with Gasteiger partial charge in [0.05, 0.1) is 19.9 Å². The van der Waals surface area contributed by atoms with Crippen molar-refractivity contribution in [2.75, 3.05) is 14.2 Å². The van der Waals surface area contributed by atoms with Gasteiger partial charge in [-0.3, -0.25) is 4.40 Å². The Hall–Kier alpha value is -2.27. The van der Waals surface area contributed by atoms with Gasteiger partial charge in [0.1, 0.15) is 5.65 Å². The number of hydrogen-bond donors (Lipinski definition) is 0. The van der Waals surface area contributed by atoms with Crippen LogP contribution in [0.4, 0.5) is 0 Å². The molecule has 0 saturated heterocycles. The van der Waals surface area contributed by atoms with Gasteiger partial charge in [-0.25, -0.2) is 9.97 Å². The van der Waals surface area contributed by atoms with Gasteiger partial charge >= 0.3 is 0 Å². The normalized spacial score (nSPS) is 10.8. The summed E-state index contributed by atoms with van der Waals surface area (Å²) in [5, 5.41) is 0.366. The fourth-order valence-electron chi connectivity index (χ4n) is 2.03. The number of methoxy groups -OCH3 is 2. The second-order valence-corrected chi connectivity index (χ2v) is 4.47. The maximum atomic E-state index is 6.14.